The average molecular weight is 453 g/mol. The number of fused-ring (bicyclic) bond motifs is 1. The van der Waals surface area contributed by atoms with Crippen LogP contribution in [0.5, 0.6) is 5.75 Å². The Morgan fingerprint density at radius 3 is 2.00 bits per heavy atom. The molecule has 0 aliphatic carbocycles. The fourth-order valence-corrected chi connectivity index (χ4v) is 3.79. The minimum absolute atomic E-state index is 0.00900. The molecule has 1 aromatic heterocycles. The number of aromatic carboxylic acids is 1. The summed E-state index contributed by atoms with van der Waals surface area (Å²) in [5.41, 5.74) is 4.25. The van der Waals surface area contributed by atoms with Gasteiger partial charge in [0.05, 0.1) is 5.52 Å². The summed E-state index contributed by atoms with van der Waals surface area (Å²) in [6.07, 6.45) is -4.80. The summed E-state index contributed by atoms with van der Waals surface area (Å²) in [5, 5.41) is 10.4. The van der Waals surface area contributed by atoms with E-state index in [4.69, 9.17) is 0 Å². The van der Waals surface area contributed by atoms with Crippen molar-refractivity contribution in [2.24, 2.45) is 0 Å². The molecule has 4 aromatic rings. The quantitative estimate of drug-likeness (QED) is 0.356. The van der Waals surface area contributed by atoms with Crippen molar-refractivity contribution in [1.82, 2.24) is 4.57 Å². The highest BCUT2D eigenvalue weighted by Crippen LogP contribution is 2.32. The molecule has 33 heavy (non-hydrogen) atoms. The van der Waals surface area contributed by atoms with E-state index in [2.05, 4.69) is 37.6 Å². The number of rotatable bonds is 4. The zero-order valence-electron chi connectivity index (χ0n) is 18.3. The van der Waals surface area contributed by atoms with Crippen molar-refractivity contribution >= 4 is 16.9 Å². The van der Waals surface area contributed by atoms with Gasteiger partial charge in [0.25, 0.3) is 0 Å². The number of halogens is 3. The van der Waals surface area contributed by atoms with Crippen molar-refractivity contribution in [2.45, 2.75) is 32.5 Å². The Morgan fingerprint density at radius 1 is 0.848 bits per heavy atom. The first-order chi connectivity index (χ1) is 15.4. The summed E-state index contributed by atoms with van der Waals surface area (Å²) in [4.78, 5) is 11.9. The van der Waals surface area contributed by atoms with E-state index < -0.39 is 12.3 Å². The molecule has 0 spiro atoms. The number of carboxylic acids is 1. The maximum absolute atomic E-state index is 12.4. The van der Waals surface area contributed by atoms with E-state index >= 15 is 0 Å². The van der Waals surface area contributed by atoms with Crippen LogP contribution in [0.4, 0.5) is 13.2 Å². The summed E-state index contributed by atoms with van der Waals surface area (Å²) in [6, 6.07) is 20.5. The normalized spacial score (nSPS) is 12.2. The Bertz CT molecular complexity index is 1310. The van der Waals surface area contributed by atoms with E-state index in [-0.39, 0.29) is 16.9 Å². The van der Waals surface area contributed by atoms with Crippen LogP contribution < -0.4 is 4.74 Å². The largest absolute Gasteiger partial charge is 0.573 e. The second-order valence-electron chi connectivity index (χ2n) is 8.81. The van der Waals surface area contributed by atoms with Gasteiger partial charge in [0.2, 0.25) is 0 Å². The molecule has 1 N–H and O–H groups in total. The maximum Gasteiger partial charge on any atom is 0.573 e. The molecule has 4 rings (SSSR count). The van der Waals surface area contributed by atoms with E-state index in [0.29, 0.717) is 16.6 Å². The van der Waals surface area contributed by atoms with Gasteiger partial charge in [0.15, 0.2) is 0 Å². The number of alkyl halides is 3. The summed E-state index contributed by atoms with van der Waals surface area (Å²) in [6.45, 7) is 6.43. The van der Waals surface area contributed by atoms with Gasteiger partial charge in [-0.05, 0) is 64.6 Å². The number of aromatic nitrogens is 1. The number of carboxylic acid groups (broad SMARTS) is 1. The Balaban J connectivity index is 1.75. The lowest BCUT2D eigenvalue weighted by Gasteiger charge is -2.19. The molecule has 0 fully saturated rings. The van der Waals surface area contributed by atoms with Gasteiger partial charge in [0, 0.05) is 11.1 Å². The van der Waals surface area contributed by atoms with Crippen molar-refractivity contribution < 1.29 is 27.8 Å². The van der Waals surface area contributed by atoms with Gasteiger partial charge < -0.3 is 14.4 Å². The Labute approximate surface area is 188 Å². The molecule has 0 bridgehead atoms. The lowest BCUT2D eigenvalue weighted by atomic mass is 9.86. The van der Waals surface area contributed by atoms with Crippen LogP contribution in [-0.2, 0) is 5.41 Å². The molecule has 3 aromatic carbocycles. The number of nitrogens with zero attached hydrogens (tertiary/aromatic N) is 1. The highest BCUT2D eigenvalue weighted by molar-refractivity contribution is 5.97. The van der Waals surface area contributed by atoms with Crippen molar-refractivity contribution in [3.63, 3.8) is 0 Å². The van der Waals surface area contributed by atoms with Crippen molar-refractivity contribution in [1.29, 1.82) is 0 Å². The molecular weight excluding hydrogens is 431 g/mol. The van der Waals surface area contributed by atoms with Crippen molar-refractivity contribution in [3.8, 4) is 22.6 Å². The molecule has 0 amide bonds. The molecule has 0 aliphatic heterocycles. The highest BCUT2D eigenvalue weighted by Gasteiger charge is 2.31. The van der Waals surface area contributed by atoms with Gasteiger partial charge in [-0.15, -0.1) is 13.2 Å². The summed E-state index contributed by atoms with van der Waals surface area (Å²) >= 11 is 0. The highest BCUT2D eigenvalue weighted by atomic mass is 19.4. The second-order valence-corrected chi connectivity index (χ2v) is 8.81. The first-order valence-electron chi connectivity index (χ1n) is 10.3. The van der Waals surface area contributed by atoms with Crippen LogP contribution in [-0.4, -0.2) is 22.0 Å². The molecule has 170 valence electrons. The summed E-state index contributed by atoms with van der Waals surface area (Å²) in [7, 11) is 0. The monoisotopic (exact) mass is 453 g/mol. The smallest absolute Gasteiger partial charge is 0.477 e. The van der Waals surface area contributed by atoms with Gasteiger partial charge in [-0.25, -0.2) is 4.79 Å². The van der Waals surface area contributed by atoms with Crippen LogP contribution >= 0.6 is 0 Å². The predicted octanol–water partition coefficient (Wildman–Crippen LogP) is 7.19. The zero-order valence-corrected chi connectivity index (χ0v) is 18.3. The van der Waals surface area contributed by atoms with Crippen LogP contribution in [0.3, 0.4) is 0 Å². The summed E-state index contributed by atoms with van der Waals surface area (Å²) < 4.78 is 42.7. The third kappa shape index (κ3) is 4.72. The predicted molar refractivity (Wildman–Crippen MR) is 121 cm³/mol. The molecule has 4 nitrogen and oxygen atoms in total. The maximum atomic E-state index is 12.4. The summed E-state index contributed by atoms with van der Waals surface area (Å²) in [5.74, 6) is -1.52. The van der Waals surface area contributed by atoms with E-state index in [9.17, 15) is 23.1 Å². The number of hydrogen-bond acceptors (Lipinski definition) is 2. The van der Waals surface area contributed by atoms with Gasteiger partial charge in [0.1, 0.15) is 11.4 Å². The number of ether oxygens (including phenoxy) is 1. The Hall–Kier alpha value is -3.74. The van der Waals surface area contributed by atoms with Gasteiger partial charge in [-0.1, -0.05) is 51.1 Å². The third-order valence-corrected chi connectivity index (χ3v) is 5.43. The van der Waals surface area contributed by atoms with Gasteiger partial charge in [-0.3, -0.25) is 0 Å². The topological polar surface area (TPSA) is 51.5 Å². The van der Waals surface area contributed by atoms with E-state index in [1.807, 2.05) is 30.3 Å². The molecule has 0 atom stereocenters. The number of hydrogen-bond donors (Lipinski definition) is 1. The Morgan fingerprint density at radius 2 is 1.45 bits per heavy atom. The second kappa shape index (κ2) is 7.99. The van der Waals surface area contributed by atoms with Gasteiger partial charge >= 0.3 is 12.3 Å². The van der Waals surface area contributed by atoms with Crippen LogP contribution in [0.15, 0.2) is 72.8 Å². The zero-order chi connectivity index (χ0) is 24.0. The Kier molecular flexibility index (Phi) is 5.44. The minimum atomic E-state index is -4.80. The number of carbonyl (C=O) groups is 1. The first-order valence-corrected chi connectivity index (χ1v) is 10.3. The third-order valence-electron chi connectivity index (χ3n) is 5.43. The lowest BCUT2D eigenvalue weighted by molar-refractivity contribution is -0.274. The van der Waals surface area contributed by atoms with Crippen LogP contribution in [0, 0.1) is 0 Å². The van der Waals surface area contributed by atoms with Crippen LogP contribution in [0.1, 0.15) is 36.8 Å². The average Bonchev–Trinajstić information content (AvgIpc) is 3.12. The molecule has 0 radical (unpaired) electrons. The molecule has 0 unspecified atom stereocenters. The van der Waals surface area contributed by atoms with E-state index in [1.165, 1.54) is 22.3 Å². The van der Waals surface area contributed by atoms with Gasteiger partial charge in [-0.2, -0.15) is 0 Å². The van der Waals surface area contributed by atoms with Crippen LogP contribution in [0.2, 0.25) is 0 Å². The fraction of sp³-hybridized carbons (Fsp3) is 0.192. The molecule has 1 heterocycles. The lowest BCUT2D eigenvalue weighted by Crippen LogP contribution is -2.17. The van der Waals surface area contributed by atoms with Crippen molar-refractivity contribution in [3.05, 3.63) is 84.1 Å². The fourth-order valence-electron chi connectivity index (χ4n) is 3.79. The van der Waals surface area contributed by atoms with Crippen molar-refractivity contribution in [2.75, 3.05) is 0 Å². The molecule has 0 saturated carbocycles. The van der Waals surface area contributed by atoms with E-state index in [1.54, 1.807) is 6.07 Å². The number of benzene rings is 3. The molecule has 7 heteroatoms. The first kappa shape index (κ1) is 22.5. The standard InChI is InChI=1S/C26H22F3NO3/c1-25(2,3)19-7-4-16(5-8-19)17-6-13-22-18(14-17)15-23(24(31)32)30(22)20-9-11-21(12-10-20)33-26(27,28)29/h4-15H,1-3H3,(H,31,32). The molecule has 0 aliphatic rings. The molecule has 0 saturated heterocycles. The van der Waals surface area contributed by atoms with Crippen LogP contribution in [0.25, 0.3) is 27.7 Å². The minimum Gasteiger partial charge on any atom is -0.477 e. The molecular formula is C26H22F3NO3. The van der Waals surface area contributed by atoms with E-state index in [0.717, 1.165) is 23.3 Å². The SMILES string of the molecule is CC(C)(C)c1ccc(-c2ccc3c(c2)cc(C(=O)O)n3-c2ccc(OC(F)(F)F)cc2)cc1.